The first-order valence-electron chi connectivity index (χ1n) is 30.1. The molecule has 33 atom stereocenters. The molecule has 28 heteroatoms. The quantitative estimate of drug-likeness (QED) is 0.0538. The molecule has 0 radical (unpaired) electrons. The smallest absolute Gasteiger partial charge is 0.394 e. The average Bonchev–Trinajstić information content (AvgIpc) is 1.77. The van der Waals surface area contributed by atoms with Crippen molar-refractivity contribution >= 4 is 10.4 Å². The second-order valence-electron chi connectivity index (χ2n) is 26.7. The average molecular weight is 1240 g/mol. The van der Waals surface area contributed by atoms with Gasteiger partial charge in [-0.1, -0.05) is 51.5 Å². The molecule has 3 saturated carbocycles. The molecule has 85 heavy (non-hydrogen) atoms. The fourth-order valence-corrected chi connectivity index (χ4v) is 16.1. The summed E-state index contributed by atoms with van der Waals surface area (Å²) >= 11 is 0. The molecule has 5 aliphatic heterocycles. The van der Waals surface area contributed by atoms with Crippen LogP contribution in [-0.4, -0.2) is 258 Å². The molecule has 9 rings (SSSR count). The van der Waals surface area contributed by atoms with E-state index in [1.807, 2.05) is 6.92 Å². The number of rotatable bonds is 18. The van der Waals surface area contributed by atoms with Gasteiger partial charge in [-0.3, -0.25) is 4.55 Å². The predicted octanol–water partition coefficient (Wildman–Crippen LogP) is -1.69. The fraction of sp³-hybridized carbons (Fsp3) is 0.930. The summed E-state index contributed by atoms with van der Waals surface area (Å²) in [6.45, 7) is 17.6. The van der Waals surface area contributed by atoms with Gasteiger partial charge in [-0.25, -0.2) is 4.18 Å². The minimum Gasteiger partial charge on any atom is -0.394 e. The number of fused-ring (bicyclic) bond motifs is 5. The third kappa shape index (κ3) is 13.4. The molecule has 5 heterocycles. The molecular formula is C57H94O27S. The molecule has 5 saturated heterocycles. The molecule has 4 aliphatic carbocycles. The van der Waals surface area contributed by atoms with Crippen LogP contribution in [-0.2, 0) is 62.0 Å². The van der Waals surface area contributed by atoms with Crippen LogP contribution < -0.4 is 0 Å². The molecule has 0 spiro atoms. The largest absolute Gasteiger partial charge is 0.397 e. The summed E-state index contributed by atoms with van der Waals surface area (Å²) in [6, 6.07) is 0. The van der Waals surface area contributed by atoms with Crippen molar-refractivity contribution < 1.29 is 131 Å². The van der Waals surface area contributed by atoms with E-state index in [1.54, 1.807) is 0 Å². The van der Waals surface area contributed by atoms with Crippen molar-refractivity contribution in [3.63, 3.8) is 0 Å². The summed E-state index contributed by atoms with van der Waals surface area (Å²) in [7, 11) is -4.83. The molecule has 9 aliphatic rings. The standard InChI is InChI=1S/C57H94O27S/c1-22(2)23(3)12-17-57(9,70)35-11-10-29-28-19-32(31-18-27(84-85(71,72)73)13-15-55(31,7)30(28)14-16-56(29,35)8)78-52-46(69)47(38(61)26(6)76-52)81-50-44(67)40(63)34(21-74-50)80-53-48(42(65)37(60)25(5)77-53)83-54-49(43(66)39(62)33(20-58)79-54)82-51-45(68)41(64)36(59)24(4)75-51/h14,22,24-29,31-54,58-70H,3,10-13,15-21H2,1-2,4-9H3,(H,71,72,73)/t24-,25-,26-,27-,28-,29+,31+,32-,33-,34-,35+,36-,37-,38-,39-,40+,41+,42+,43+,44-,45-,46-,47+,48-,49-,50+,51+,52+,53+,54+,55+,56-,57-/m0/s1. The molecule has 8 fully saturated rings. The van der Waals surface area contributed by atoms with Crippen LogP contribution in [0.5, 0.6) is 0 Å². The molecule has 27 nitrogen and oxygen atoms in total. The zero-order valence-corrected chi connectivity index (χ0v) is 50.3. The van der Waals surface area contributed by atoms with Crippen LogP contribution in [0.1, 0.15) is 113 Å². The first kappa shape index (κ1) is 67.8. The first-order chi connectivity index (χ1) is 39.7. The highest BCUT2D eigenvalue weighted by atomic mass is 32.3. The van der Waals surface area contributed by atoms with E-state index < -0.39 is 200 Å². The molecule has 14 N–H and O–H groups in total. The van der Waals surface area contributed by atoms with Gasteiger partial charge in [0.25, 0.3) is 0 Å². The highest BCUT2D eigenvalue weighted by Crippen LogP contribution is 2.67. The Morgan fingerprint density at radius 3 is 1.85 bits per heavy atom. The molecule has 0 aromatic rings. The van der Waals surface area contributed by atoms with Crippen LogP contribution in [0, 0.1) is 40.4 Å². The minimum atomic E-state index is -4.83. The molecule has 0 amide bonds. The number of aliphatic hydroxyl groups is 13. The Hall–Kier alpha value is -1.57. The Balaban J connectivity index is 0.899. The van der Waals surface area contributed by atoms with Crippen LogP contribution in [0.3, 0.4) is 0 Å². The van der Waals surface area contributed by atoms with E-state index in [2.05, 4.69) is 40.3 Å². The van der Waals surface area contributed by atoms with Crippen LogP contribution >= 0.6 is 0 Å². The van der Waals surface area contributed by atoms with Crippen molar-refractivity contribution in [1.82, 2.24) is 0 Å². The molecule has 490 valence electrons. The maximum Gasteiger partial charge on any atom is 0.397 e. The van der Waals surface area contributed by atoms with Gasteiger partial charge in [0.1, 0.15) is 97.7 Å². The maximum absolute atomic E-state index is 12.2. The van der Waals surface area contributed by atoms with E-state index >= 15 is 0 Å². The highest BCUT2D eigenvalue weighted by Gasteiger charge is 2.63. The molecular weight excluding hydrogens is 1150 g/mol. The normalized spacial score (nSPS) is 51.3. The Kier molecular flexibility index (Phi) is 20.9. The topological polar surface area (TPSA) is 419 Å². The summed E-state index contributed by atoms with van der Waals surface area (Å²) in [6.07, 6.45) is -34.5. The Bertz CT molecular complexity index is 2420. The third-order valence-electron chi connectivity index (χ3n) is 20.9. The lowest BCUT2D eigenvalue weighted by molar-refractivity contribution is -0.399. The van der Waals surface area contributed by atoms with Crippen LogP contribution in [0.25, 0.3) is 0 Å². The van der Waals surface area contributed by atoms with E-state index in [4.69, 9.17) is 51.6 Å². The van der Waals surface area contributed by atoms with Crippen LogP contribution in [0.2, 0.25) is 0 Å². The highest BCUT2D eigenvalue weighted by molar-refractivity contribution is 7.80. The predicted molar refractivity (Wildman–Crippen MR) is 290 cm³/mol. The second kappa shape index (κ2) is 26.2. The Morgan fingerprint density at radius 2 is 1.21 bits per heavy atom. The van der Waals surface area contributed by atoms with E-state index in [-0.39, 0.29) is 35.5 Å². The number of hydrogen-bond donors (Lipinski definition) is 14. The van der Waals surface area contributed by atoms with Gasteiger partial charge in [0.2, 0.25) is 0 Å². The summed E-state index contributed by atoms with van der Waals surface area (Å²) in [4.78, 5) is 0. The van der Waals surface area contributed by atoms with Crippen molar-refractivity contribution in [1.29, 1.82) is 0 Å². The third-order valence-corrected chi connectivity index (χ3v) is 21.4. The van der Waals surface area contributed by atoms with E-state index in [0.29, 0.717) is 32.1 Å². The minimum absolute atomic E-state index is 0.0340. The Morgan fingerprint density at radius 1 is 0.659 bits per heavy atom. The van der Waals surface area contributed by atoms with Crippen molar-refractivity contribution in [2.45, 2.75) is 278 Å². The van der Waals surface area contributed by atoms with Gasteiger partial charge in [0, 0.05) is 0 Å². The molecule has 0 aromatic carbocycles. The summed E-state index contributed by atoms with van der Waals surface area (Å²) < 4.78 is 99.5. The number of aliphatic hydroxyl groups excluding tert-OH is 12. The van der Waals surface area contributed by atoms with Crippen molar-refractivity contribution in [3.8, 4) is 0 Å². The zero-order valence-electron chi connectivity index (χ0n) is 49.4. The number of ether oxygens (including phenoxy) is 10. The van der Waals surface area contributed by atoms with E-state index in [1.165, 1.54) is 26.3 Å². The molecule has 0 bridgehead atoms. The van der Waals surface area contributed by atoms with Gasteiger partial charge < -0.3 is 114 Å². The van der Waals surface area contributed by atoms with Crippen molar-refractivity contribution in [2.24, 2.45) is 40.4 Å². The van der Waals surface area contributed by atoms with Gasteiger partial charge in [-0.05, 0) is 126 Å². The van der Waals surface area contributed by atoms with Gasteiger partial charge in [0.05, 0.1) is 49.3 Å². The SMILES string of the molecule is C=C(CC[C@](C)(O)[C@@H]1CC[C@@H]2[C@@H]3C[C@H](O[C@H]4O[C@@H](C)[C@H](O)[C@@H](O[C@H]5OC[C@H](O[C@H]6O[C@@H](C)[C@H](O)[C@@H](O)[C@@H]6O[C@H]6O[C@@H](CO)[C@H](O)[C@@H](O)[C@@H]6O[C@H]6O[C@@H](C)[C@H](O)[C@@H](O)[C@@H]6O)[C@@H](O)[C@@H]5O)[C@@H]4O)[C@H]4C[C@@H](OS(=O)(=O)O)CC[C@]4(C)C3=CC[C@@]21C)C(C)C. The Labute approximate surface area is 495 Å². The lowest BCUT2D eigenvalue weighted by Gasteiger charge is -2.60. The zero-order chi connectivity index (χ0) is 62.3. The van der Waals surface area contributed by atoms with Gasteiger partial charge >= 0.3 is 10.4 Å². The van der Waals surface area contributed by atoms with E-state index in [9.17, 15) is 79.4 Å². The van der Waals surface area contributed by atoms with Gasteiger partial charge in [-0.2, -0.15) is 8.42 Å². The lowest BCUT2D eigenvalue weighted by Crippen LogP contribution is -2.67. The summed E-state index contributed by atoms with van der Waals surface area (Å²) in [5.74, 6) is -0.114. The second-order valence-corrected chi connectivity index (χ2v) is 27.7. The summed E-state index contributed by atoms with van der Waals surface area (Å²) in [5, 5.41) is 145. The maximum atomic E-state index is 12.2. The van der Waals surface area contributed by atoms with Gasteiger partial charge in [-0.15, -0.1) is 0 Å². The number of hydrogen-bond acceptors (Lipinski definition) is 26. The van der Waals surface area contributed by atoms with Crippen molar-refractivity contribution in [2.75, 3.05) is 13.2 Å². The first-order valence-corrected chi connectivity index (χ1v) is 31.4. The molecule has 0 aromatic heterocycles. The fourth-order valence-electron chi connectivity index (χ4n) is 15.6. The number of allylic oxidation sites excluding steroid dienone is 3. The molecule has 0 unspecified atom stereocenters. The van der Waals surface area contributed by atoms with Gasteiger partial charge in [0.15, 0.2) is 31.5 Å². The van der Waals surface area contributed by atoms with Crippen LogP contribution in [0.4, 0.5) is 0 Å². The van der Waals surface area contributed by atoms with Crippen molar-refractivity contribution in [3.05, 3.63) is 23.8 Å². The summed E-state index contributed by atoms with van der Waals surface area (Å²) in [5.41, 5.74) is 0.449. The lowest BCUT2D eigenvalue weighted by atomic mass is 9.47. The van der Waals surface area contributed by atoms with Crippen LogP contribution in [0.15, 0.2) is 23.8 Å². The monoisotopic (exact) mass is 1240 g/mol. The van der Waals surface area contributed by atoms with E-state index in [0.717, 1.165) is 24.8 Å².